The van der Waals surface area contributed by atoms with E-state index >= 15 is 0 Å². The predicted molar refractivity (Wildman–Crippen MR) is 61.9 cm³/mol. The number of aromatic nitrogens is 1. The summed E-state index contributed by atoms with van der Waals surface area (Å²) in [6.45, 7) is 8.15. The molecule has 0 saturated carbocycles. The molecule has 0 aromatic carbocycles. The quantitative estimate of drug-likeness (QED) is 0.708. The van der Waals surface area contributed by atoms with Crippen LogP contribution in [0.3, 0.4) is 0 Å². The van der Waals surface area contributed by atoms with Crippen LogP contribution in [-0.2, 0) is 0 Å². The van der Waals surface area contributed by atoms with E-state index in [-0.39, 0.29) is 0 Å². The summed E-state index contributed by atoms with van der Waals surface area (Å²) in [6, 6.07) is 0.661. The van der Waals surface area contributed by atoms with Crippen LogP contribution in [0.2, 0.25) is 0 Å². The molecule has 1 fully saturated rings. The summed E-state index contributed by atoms with van der Waals surface area (Å²) in [6.07, 6.45) is 4.52. The van der Waals surface area contributed by atoms with E-state index in [4.69, 9.17) is 0 Å². The molecule has 2 rings (SSSR count). The van der Waals surface area contributed by atoms with Crippen molar-refractivity contribution < 1.29 is 0 Å². The highest BCUT2D eigenvalue weighted by atomic mass is 32.1. The Bertz CT molecular complexity index is 287. The summed E-state index contributed by atoms with van der Waals surface area (Å²) in [5, 5.41) is 3.26. The largest absolute Gasteiger partial charge is 0.345 e. The molecule has 1 aliphatic rings. The summed E-state index contributed by atoms with van der Waals surface area (Å²) in [5.74, 6) is 0. The van der Waals surface area contributed by atoms with E-state index in [1.807, 2.05) is 6.20 Å². The van der Waals surface area contributed by atoms with Crippen molar-refractivity contribution in [3.63, 3.8) is 0 Å². The molecule has 2 heterocycles. The van der Waals surface area contributed by atoms with Gasteiger partial charge in [0.25, 0.3) is 0 Å². The Morgan fingerprint density at radius 1 is 1.50 bits per heavy atom. The average Bonchev–Trinajstić information content (AvgIpc) is 2.73. The van der Waals surface area contributed by atoms with Gasteiger partial charge in [0.15, 0.2) is 5.13 Å². The van der Waals surface area contributed by atoms with Crippen LogP contribution in [0.15, 0.2) is 11.6 Å². The zero-order chi connectivity index (χ0) is 10.2. The van der Waals surface area contributed by atoms with Gasteiger partial charge in [-0.1, -0.05) is 20.8 Å². The minimum Gasteiger partial charge on any atom is -0.345 e. The van der Waals surface area contributed by atoms with E-state index < -0.39 is 0 Å². The zero-order valence-electron chi connectivity index (χ0n) is 9.16. The Kier molecular flexibility index (Phi) is 2.52. The van der Waals surface area contributed by atoms with Crippen LogP contribution < -0.4 is 4.90 Å². The van der Waals surface area contributed by atoms with Crippen LogP contribution >= 0.6 is 11.3 Å². The van der Waals surface area contributed by atoms with Crippen LogP contribution in [0.4, 0.5) is 5.13 Å². The van der Waals surface area contributed by atoms with Gasteiger partial charge in [0.05, 0.1) is 0 Å². The highest BCUT2D eigenvalue weighted by Crippen LogP contribution is 2.36. The molecule has 1 aromatic heterocycles. The van der Waals surface area contributed by atoms with E-state index in [9.17, 15) is 0 Å². The first-order chi connectivity index (χ1) is 6.59. The molecule has 1 saturated heterocycles. The number of hydrogen-bond acceptors (Lipinski definition) is 3. The molecule has 0 N–H and O–H groups in total. The smallest absolute Gasteiger partial charge is 0.185 e. The van der Waals surface area contributed by atoms with Crippen molar-refractivity contribution in [2.45, 2.75) is 39.7 Å². The van der Waals surface area contributed by atoms with Gasteiger partial charge in [-0.2, -0.15) is 0 Å². The molecule has 1 unspecified atom stereocenters. The number of nitrogens with zero attached hydrogens (tertiary/aromatic N) is 2. The van der Waals surface area contributed by atoms with Crippen molar-refractivity contribution in [2.24, 2.45) is 5.41 Å². The third kappa shape index (κ3) is 1.78. The van der Waals surface area contributed by atoms with Crippen LogP contribution in [0.25, 0.3) is 0 Å². The third-order valence-corrected chi connectivity index (χ3v) is 3.73. The molecule has 0 bridgehead atoms. The molecule has 14 heavy (non-hydrogen) atoms. The second-order valence-electron chi connectivity index (χ2n) is 5.03. The average molecular weight is 210 g/mol. The molecular weight excluding hydrogens is 192 g/mol. The molecule has 3 heteroatoms. The van der Waals surface area contributed by atoms with E-state index in [1.165, 1.54) is 24.5 Å². The van der Waals surface area contributed by atoms with Gasteiger partial charge in [0, 0.05) is 24.2 Å². The third-order valence-electron chi connectivity index (χ3n) is 2.92. The molecule has 1 aliphatic heterocycles. The van der Waals surface area contributed by atoms with E-state index in [1.54, 1.807) is 11.3 Å². The van der Waals surface area contributed by atoms with Crippen LogP contribution in [0, 0.1) is 5.41 Å². The van der Waals surface area contributed by atoms with Crippen molar-refractivity contribution in [3.05, 3.63) is 11.6 Å². The maximum atomic E-state index is 4.41. The molecular formula is C11H18N2S. The number of anilines is 1. The van der Waals surface area contributed by atoms with Crippen LogP contribution in [0.1, 0.15) is 33.6 Å². The van der Waals surface area contributed by atoms with Gasteiger partial charge in [-0.15, -0.1) is 11.3 Å². The van der Waals surface area contributed by atoms with Crippen molar-refractivity contribution in [1.82, 2.24) is 4.98 Å². The Morgan fingerprint density at radius 3 is 2.86 bits per heavy atom. The van der Waals surface area contributed by atoms with Crippen molar-refractivity contribution in [3.8, 4) is 0 Å². The molecule has 2 nitrogen and oxygen atoms in total. The first kappa shape index (κ1) is 9.97. The Morgan fingerprint density at radius 2 is 2.29 bits per heavy atom. The minimum absolute atomic E-state index is 0.363. The summed E-state index contributed by atoms with van der Waals surface area (Å²) in [5.41, 5.74) is 0.363. The fourth-order valence-corrected chi connectivity index (χ4v) is 2.97. The maximum absolute atomic E-state index is 4.41. The normalized spacial score (nSPS) is 23.1. The van der Waals surface area contributed by atoms with Gasteiger partial charge < -0.3 is 4.90 Å². The lowest BCUT2D eigenvalue weighted by atomic mass is 9.85. The molecule has 0 radical (unpaired) electrons. The topological polar surface area (TPSA) is 16.1 Å². The second kappa shape index (κ2) is 3.54. The summed E-state index contributed by atoms with van der Waals surface area (Å²) < 4.78 is 0. The van der Waals surface area contributed by atoms with Gasteiger partial charge in [-0.3, -0.25) is 0 Å². The highest BCUT2D eigenvalue weighted by Gasteiger charge is 2.35. The first-order valence-corrected chi connectivity index (χ1v) is 6.13. The van der Waals surface area contributed by atoms with Crippen molar-refractivity contribution in [2.75, 3.05) is 11.4 Å². The highest BCUT2D eigenvalue weighted by molar-refractivity contribution is 7.13. The Labute approximate surface area is 90.0 Å². The lowest BCUT2D eigenvalue weighted by Crippen LogP contribution is -2.39. The Hall–Kier alpha value is -0.570. The van der Waals surface area contributed by atoms with Gasteiger partial charge in [0.1, 0.15) is 0 Å². The molecule has 1 aromatic rings. The van der Waals surface area contributed by atoms with Gasteiger partial charge in [-0.25, -0.2) is 4.98 Å². The van der Waals surface area contributed by atoms with Crippen LogP contribution in [0.5, 0.6) is 0 Å². The van der Waals surface area contributed by atoms with Crippen LogP contribution in [-0.4, -0.2) is 17.6 Å². The SMILES string of the molecule is CC(C)(C)C1CCCN1c1nccs1. The molecule has 0 amide bonds. The molecule has 0 aliphatic carbocycles. The maximum Gasteiger partial charge on any atom is 0.185 e. The van der Waals surface area contributed by atoms with Crippen molar-refractivity contribution >= 4 is 16.5 Å². The summed E-state index contributed by atoms with van der Waals surface area (Å²) >= 11 is 1.75. The van der Waals surface area contributed by atoms with E-state index in [0.717, 1.165) is 0 Å². The Balaban J connectivity index is 2.20. The standard InChI is InChI=1S/C11H18N2S/c1-11(2,3)9-5-4-7-13(9)10-12-6-8-14-10/h6,8-9H,4-5,7H2,1-3H3. The monoisotopic (exact) mass is 210 g/mol. The molecule has 0 spiro atoms. The van der Waals surface area contributed by atoms with Crippen molar-refractivity contribution in [1.29, 1.82) is 0 Å². The molecule has 1 atom stereocenters. The summed E-state index contributed by atoms with van der Waals surface area (Å²) in [7, 11) is 0. The molecule has 78 valence electrons. The zero-order valence-corrected chi connectivity index (χ0v) is 9.97. The number of rotatable bonds is 1. The van der Waals surface area contributed by atoms with E-state index in [0.29, 0.717) is 11.5 Å². The van der Waals surface area contributed by atoms with E-state index in [2.05, 4.69) is 36.0 Å². The lowest BCUT2D eigenvalue weighted by Gasteiger charge is -2.34. The minimum atomic E-state index is 0.363. The number of thiazole rings is 1. The van der Waals surface area contributed by atoms with Gasteiger partial charge in [0.2, 0.25) is 0 Å². The summed E-state index contributed by atoms with van der Waals surface area (Å²) in [4.78, 5) is 6.88. The first-order valence-electron chi connectivity index (χ1n) is 5.25. The fraction of sp³-hybridized carbons (Fsp3) is 0.727. The second-order valence-corrected chi connectivity index (χ2v) is 5.91. The fourth-order valence-electron chi connectivity index (χ4n) is 2.25. The van der Waals surface area contributed by atoms with Gasteiger partial charge >= 0.3 is 0 Å². The predicted octanol–water partition coefficient (Wildman–Crippen LogP) is 3.16. The number of hydrogen-bond donors (Lipinski definition) is 0. The van der Waals surface area contributed by atoms with Gasteiger partial charge in [-0.05, 0) is 18.3 Å². The lowest BCUT2D eigenvalue weighted by molar-refractivity contribution is 0.320.